The molecule has 1 atom stereocenters. The van der Waals surface area contributed by atoms with E-state index < -0.39 is 18.0 Å². The zero-order valence-corrected chi connectivity index (χ0v) is 26.0. The number of nitrogens with one attached hydrogen (secondary N) is 1. The molecule has 2 aliphatic carbocycles. The molecule has 0 spiro atoms. The Morgan fingerprint density at radius 3 is 2.40 bits per heavy atom. The first-order valence-corrected chi connectivity index (χ1v) is 14.4. The first-order valence-electron chi connectivity index (χ1n) is 14.4. The van der Waals surface area contributed by atoms with Crippen LogP contribution in [0.2, 0.25) is 0 Å². The van der Waals surface area contributed by atoms with Crippen LogP contribution in [-0.2, 0) is 25.5 Å². The zero-order chi connectivity index (χ0) is 29.9. The lowest BCUT2D eigenvalue weighted by molar-refractivity contribution is -0.873. The molecule has 42 heavy (non-hydrogen) atoms. The van der Waals surface area contributed by atoms with Crippen molar-refractivity contribution in [1.29, 1.82) is 0 Å². The quantitative estimate of drug-likeness (QED) is 0.302. The van der Waals surface area contributed by atoms with Crippen molar-refractivity contribution in [2.75, 3.05) is 33.0 Å². The number of aryl methyl sites for hydroxylation is 1. The van der Waals surface area contributed by atoms with Crippen molar-refractivity contribution < 1.29 is 45.5 Å². The number of primary amides is 1. The van der Waals surface area contributed by atoms with E-state index in [1.165, 1.54) is 6.92 Å². The summed E-state index contributed by atoms with van der Waals surface area (Å²) in [6.45, 7) is 3.84. The highest BCUT2D eigenvalue weighted by Crippen LogP contribution is 2.32. The lowest BCUT2D eigenvalue weighted by atomic mass is 9.92. The van der Waals surface area contributed by atoms with Crippen molar-refractivity contribution in [3.63, 3.8) is 0 Å². The summed E-state index contributed by atoms with van der Waals surface area (Å²) in [5.74, 6) is -1.12. The highest BCUT2D eigenvalue weighted by Gasteiger charge is 2.29. The van der Waals surface area contributed by atoms with E-state index in [9.17, 15) is 19.2 Å². The van der Waals surface area contributed by atoms with Crippen molar-refractivity contribution in [3.05, 3.63) is 46.8 Å². The lowest BCUT2D eigenvalue weighted by Crippen LogP contribution is -3.00. The molecule has 1 fully saturated rings. The molecule has 1 aromatic heterocycles. The van der Waals surface area contributed by atoms with E-state index in [-0.39, 0.29) is 42.7 Å². The number of carbonyl (C=O) groups is 4. The van der Waals surface area contributed by atoms with E-state index in [1.54, 1.807) is 6.07 Å². The highest BCUT2D eigenvalue weighted by atomic mass is 35.5. The van der Waals surface area contributed by atoms with Crippen LogP contribution in [0.15, 0.2) is 24.3 Å². The second-order valence-electron chi connectivity index (χ2n) is 12.4. The van der Waals surface area contributed by atoms with E-state index in [1.807, 2.05) is 46.3 Å². The Labute approximate surface area is 253 Å². The molecule has 0 bridgehead atoms. The molecular formula is C31H43ClN4O6. The molecule has 1 unspecified atom stereocenters. The number of nitrogens with two attached hydrogens (primary N) is 1. The van der Waals surface area contributed by atoms with Gasteiger partial charge in [-0.15, -0.1) is 0 Å². The first-order chi connectivity index (χ1) is 19.3. The Balaban J connectivity index is 0.00000484. The topological polar surface area (TPSA) is 130 Å². The number of fused-ring (bicyclic) bond motifs is 1. The summed E-state index contributed by atoms with van der Waals surface area (Å²) in [5, 5.41) is 3.51. The number of Topliss-reactive ketones (excluding diaryl/α,β-unsaturated/α-hetero) is 1. The van der Waals surface area contributed by atoms with Crippen LogP contribution in [0.1, 0.15) is 84.0 Å². The number of ether oxygens (including phenoxy) is 2. The van der Waals surface area contributed by atoms with Crippen LogP contribution in [-0.4, -0.2) is 78.6 Å². The molecule has 230 valence electrons. The van der Waals surface area contributed by atoms with Gasteiger partial charge in [-0.2, -0.15) is 0 Å². The van der Waals surface area contributed by atoms with Crippen molar-refractivity contribution in [2.24, 2.45) is 5.73 Å². The molecule has 2 aromatic rings. The Bertz CT molecular complexity index is 1320. The van der Waals surface area contributed by atoms with Gasteiger partial charge in [-0.25, -0.2) is 0 Å². The van der Waals surface area contributed by atoms with Crippen LogP contribution in [0.3, 0.4) is 0 Å². The molecule has 1 aromatic carbocycles. The smallest absolute Gasteiger partial charge is 0.310 e. The molecular weight excluding hydrogens is 560 g/mol. The van der Waals surface area contributed by atoms with Crippen LogP contribution in [0.4, 0.5) is 5.69 Å². The summed E-state index contributed by atoms with van der Waals surface area (Å²) in [6, 6.07) is 7.56. The van der Waals surface area contributed by atoms with E-state index >= 15 is 0 Å². The fourth-order valence-electron chi connectivity index (χ4n) is 6.05. The van der Waals surface area contributed by atoms with Crippen LogP contribution in [0.25, 0.3) is 5.69 Å². The van der Waals surface area contributed by atoms with Crippen molar-refractivity contribution in [3.8, 4) is 5.69 Å². The van der Waals surface area contributed by atoms with Crippen LogP contribution >= 0.6 is 0 Å². The van der Waals surface area contributed by atoms with E-state index in [0.29, 0.717) is 41.5 Å². The second kappa shape index (κ2) is 13.7. The largest absolute Gasteiger partial charge is 1.00 e. The number of ketones is 1. The molecule has 4 rings (SSSR count). The van der Waals surface area contributed by atoms with E-state index in [0.717, 1.165) is 48.3 Å². The first kappa shape index (κ1) is 33.1. The van der Waals surface area contributed by atoms with Gasteiger partial charge in [0, 0.05) is 47.7 Å². The standard InChI is InChI=1S/C31H42N4O6.ClH/c1-19-15-26-28(7-6-8-29(26)37)34(19)22-11-14-25(31(32)39)27(16-22)33-21-9-12-23(13-10-21)41-30(38)17-24(40-20(2)36)18-35(3,4)5;/h11,14-16,21,23-24H,6-10,12-13,17-18H2,1-5H3,(H2-,32,33,39);1H/t21-,23-,24?;. The molecule has 1 saturated carbocycles. The molecule has 0 aliphatic heterocycles. The van der Waals surface area contributed by atoms with E-state index in [2.05, 4.69) is 9.88 Å². The number of hydrogen-bond acceptors (Lipinski definition) is 7. The monoisotopic (exact) mass is 602 g/mol. The van der Waals surface area contributed by atoms with Gasteiger partial charge in [-0.1, -0.05) is 0 Å². The number of nitrogens with zero attached hydrogens (tertiary/aromatic N) is 2. The van der Waals surface area contributed by atoms with Crippen LogP contribution in [0, 0.1) is 6.92 Å². The number of anilines is 1. The van der Waals surface area contributed by atoms with Crippen LogP contribution in [0.5, 0.6) is 0 Å². The zero-order valence-electron chi connectivity index (χ0n) is 25.2. The molecule has 10 nitrogen and oxygen atoms in total. The molecule has 1 heterocycles. The molecule has 11 heteroatoms. The minimum absolute atomic E-state index is 0. The molecule has 2 aliphatic rings. The Hall–Kier alpha value is -3.37. The lowest BCUT2D eigenvalue weighted by Gasteiger charge is -2.31. The predicted octanol–water partition coefficient (Wildman–Crippen LogP) is 0.702. The summed E-state index contributed by atoms with van der Waals surface area (Å²) < 4.78 is 13.8. The summed E-state index contributed by atoms with van der Waals surface area (Å²) in [5.41, 5.74) is 10.4. The number of quaternary nitrogens is 1. The summed E-state index contributed by atoms with van der Waals surface area (Å²) in [7, 11) is 5.93. The fourth-order valence-corrected chi connectivity index (χ4v) is 6.05. The van der Waals surface area contributed by atoms with Gasteiger partial charge in [0.05, 0.1) is 33.1 Å². The predicted molar refractivity (Wildman–Crippen MR) is 155 cm³/mol. The number of likely N-dealkylation sites (N-methyl/N-ethyl adjacent to an activating group) is 1. The van der Waals surface area contributed by atoms with Crippen molar-refractivity contribution in [1.82, 2.24) is 4.57 Å². The summed E-state index contributed by atoms with van der Waals surface area (Å²) in [4.78, 5) is 48.9. The third kappa shape index (κ3) is 8.35. The van der Waals surface area contributed by atoms with Gasteiger partial charge in [0.2, 0.25) is 0 Å². The SMILES string of the molecule is CC(=O)OC(CC(=O)O[C@H]1CC[C@H](Nc2cc(-n3c(C)cc4c3CCCC4=O)ccc2C(N)=O)CC1)C[N+](C)(C)C.[Cl-]. The highest BCUT2D eigenvalue weighted by molar-refractivity contribution is 6.00. The third-order valence-electron chi connectivity index (χ3n) is 7.74. The van der Waals surface area contributed by atoms with Gasteiger partial charge in [-0.05, 0) is 69.7 Å². The average Bonchev–Trinajstić information content (AvgIpc) is 3.20. The number of halogens is 1. The Morgan fingerprint density at radius 1 is 1.10 bits per heavy atom. The number of benzene rings is 1. The normalized spacial score (nSPS) is 19.2. The molecule has 1 amide bonds. The average molecular weight is 603 g/mol. The van der Waals surface area contributed by atoms with Crippen molar-refractivity contribution >= 4 is 29.3 Å². The number of hydrogen-bond donors (Lipinski definition) is 2. The number of aromatic nitrogens is 1. The van der Waals surface area contributed by atoms with Gasteiger partial charge < -0.3 is 42.0 Å². The third-order valence-corrected chi connectivity index (χ3v) is 7.74. The van der Waals surface area contributed by atoms with Gasteiger partial charge in [-0.3, -0.25) is 19.2 Å². The maximum atomic E-state index is 12.7. The summed E-state index contributed by atoms with van der Waals surface area (Å²) in [6.07, 6.45) is 4.35. The minimum atomic E-state index is -0.537. The minimum Gasteiger partial charge on any atom is -1.00 e. The van der Waals surface area contributed by atoms with Crippen molar-refractivity contribution in [2.45, 2.75) is 83.5 Å². The van der Waals surface area contributed by atoms with Crippen LogP contribution < -0.4 is 23.5 Å². The molecule has 0 saturated heterocycles. The summed E-state index contributed by atoms with van der Waals surface area (Å²) >= 11 is 0. The number of esters is 2. The maximum Gasteiger partial charge on any atom is 0.310 e. The Kier molecular flexibility index (Phi) is 10.8. The fraction of sp³-hybridized carbons (Fsp3) is 0.548. The second-order valence-corrected chi connectivity index (χ2v) is 12.4. The maximum absolute atomic E-state index is 12.7. The van der Waals surface area contributed by atoms with Gasteiger partial charge >= 0.3 is 11.9 Å². The molecule has 3 N–H and O–H groups in total. The van der Waals surface area contributed by atoms with Gasteiger partial charge in [0.25, 0.3) is 5.91 Å². The Morgan fingerprint density at radius 2 is 1.79 bits per heavy atom. The van der Waals surface area contributed by atoms with Gasteiger partial charge in [0.1, 0.15) is 12.6 Å². The van der Waals surface area contributed by atoms with E-state index in [4.69, 9.17) is 15.2 Å². The molecule has 0 radical (unpaired) electrons. The number of carbonyl (C=O) groups excluding carboxylic acids is 4. The van der Waals surface area contributed by atoms with Gasteiger partial charge in [0.15, 0.2) is 11.9 Å². The number of amides is 1. The number of rotatable bonds is 10.